The Kier molecular flexibility index (Phi) is 7.38. The van der Waals surface area contributed by atoms with Crippen molar-refractivity contribution in [1.82, 2.24) is 5.43 Å². The van der Waals surface area contributed by atoms with E-state index >= 15 is 0 Å². The molecule has 1 aromatic carbocycles. The molecule has 0 spiro atoms. The van der Waals surface area contributed by atoms with Gasteiger partial charge in [0.2, 0.25) is 0 Å². The number of unbranched alkanes of at least 4 members (excludes halogenated alkanes) is 1. The Balaban J connectivity index is 1.55. The van der Waals surface area contributed by atoms with Crippen LogP contribution in [0.25, 0.3) is 0 Å². The average Bonchev–Trinajstić information content (AvgIpc) is 2.98. The van der Waals surface area contributed by atoms with E-state index in [1.165, 1.54) is 24.6 Å². The van der Waals surface area contributed by atoms with E-state index in [2.05, 4.69) is 10.5 Å². The van der Waals surface area contributed by atoms with Crippen LogP contribution in [0.2, 0.25) is 10.1 Å². The van der Waals surface area contributed by atoms with Crippen molar-refractivity contribution in [1.29, 1.82) is 0 Å². The summed E-state index contributed by atoms with van der Waals surface area (Å²) in [6.45, 7) is 0. The number of benzene rings is 1. The molecule has 1 saturated heterocycles. The van der Waals surface area contributed by atoms with Gasteiger partial charge in [-0.15, -0.1) is 0 Å². The Hall–Kier alpha value is -0.601. The van der Waals surface area contributed by atoms with Crippen molar-refractivity contribution in [3.05, 3.63) is 35.9 Å². The fourth-order valence-electron chi connectivity index (χ4n) is 2.00. The third-order valence-corrected chi connectivity index (χ3v) is 12.1. The standard InChI is InChI=1S/C15H20N2OSe2/c18-15(9-5-4-8-14-10-11-19-20-14)17-16-12-13-6-2-1-3-7-13/h1-3,6-7,12,14H,4-5,8-11H2,(H,17,18)/b16-12+. The van der Waals surface area contributed by atoms with Gasteiger partial charge in [-0.3, -0.25) is 0 Å². The summed E-state index contributed by atoms with van der Waals surface area (Å²) in [6.07, 6.45) is 7.25. The molecule has 0 saturated carbocycles. The van der Waals surface area contributed by atoms with Crippen molar-refractivity contribution >= 4 is 38.4 Å². The Morgan fingerprint density at radius 1 is 1.35 bits per heavy atom. The number of rotatable bonds is 7. The van der Waals surface area contributed by atoms with Crippen LogP contribution in [0.5, 0.6) is 0 Å². The van der Waals surface area contributed by atoms with Crippen molar-refractivity contribution in [3.63, 3.8) is 0 Å². The van der Waals surface area contributed by atoms with Gasteiger partial charge in [-0.1, -0.05) is 6.07 Å². The first-order valence-electron chi connectivity index (χ1n) is 7.00. The van der Waals surface area contributed by atoms with Crippen molar-refractivity contribution in [2.24, 2.45) is 5.10 Å². The van der Waals surface area contributed by atoms with Gasteiger partial charge in [0.15, 0.2) is 0 Å². The molecule has 0 bridgehead atoms. The Morgan fingerprint density at radius 2 is 2.20 bits per heavy atom. The minimum absolute atomic E-state index is 0.0262. The SMILES string of the molecule is O=C(CCCCC1CC[Se][Se]1)N/N=C/c1ccccc1. The van der Waals surface area contributed by atoms with Crippen LogP contribution in [0.1, 0.15) is 37.7 Å². The Morgan fingerprint density at radius 3 is 2.95 bits per heavy atom. The van der Waals surface area contributed by atoms with E-state index in [9.17, 15) is 4.79 Å². The minimum atomic E-state index is 0.0262. The van der Waals surface area contributed by atoms with Crippen LogP contribution in [0.3, 0.4) is 0 Å². The third kappa shape index (κ3) is 6.23. The molecule has 2 rings (SSSR count). The summed E-state index contributed by atoms with van der Waals surface area (Å²) in [5.74, 6) is 0.0262. The molecule has 1 aromatic rings. The normalized spacial score (nSPS) is 18.5. The van der Waals surface area contributed by atoms with Crippen molar-refractivity contribution in [2.75, 3.05) is 0 Å². The Labute approximate surface area is 131 Å². The second-order valence-corrected chi connectivity index (χ2v) is 12.6. The molecule has 1 heterocycles. The number of nitrogens with one attached hydrogen (secondary N) is 1. The van der Waals surface area contributed by atoms with E-state index in [0.29, 0.717) is 6.42 Å². The molecule has 1 aliphatic rings. The molecule has 1 fully saturated rings. The molecule has 1 atom stereocenters. The average molecular weight is 402 g/mol. The van der Waals surface area contributed by atoms with Gasteiger partial charge in [0.25, 0.3) is 0 Å². The van der Waals surface area contributed by atoms with Crippen LogP contribution in [0, 0.1) is 0 Å². The van der Waals surface area contributed by atoms with Crippen molar-refractivity contribution in [3.8, 4) is 0 Å². The fraction of sp³-hybridized carbons (Fsp3) is 0.467. The van der Waals surface area contributed by atoms with Crippen LogP contribution in [0.4, 0.5) is 0 Å². The maximum atomic E-state index is 11.6. The van der Waals surface area contributed by atoms with E-state index < -0.39 is 0 Å². The zero-order chi connectivity index (χ0) is 14.0. The third-order valence-electron chi connectivity index (χ3n) is 3.11. The van der Waals surface area contributed by atoms with Crippen LogP contribution in [-0.4, -0.2) is 38.4 Å². The number of hydrazone groups is 1. The summed E-state index contributed by atoms with van der Waals surface area (Å²) in [7, 11) is 0. The predicted molar refractivity (Wildman–Crippen MR) is 85.3 cm³/mol. The monoisotopic (exact) mass is 404 g/mol. The fourth-order valence-corrected chi connectivity index (χ4v) is 11.5. The van der Waals surface area contributed by atoms with Gasteiger partial charge in [-0.2, -0.15) is 0 Å². The molecule has 5 heteroatoms. The van der Waals surface area contributed by atoms with Gasteiger partial charge in [-0.25, -0.2) is 0 Å². The molecular formula is C15H20N2OSe2. The van der Waals surface area contributed by atoms with Gasteiger partial charge in [0.1, 0.15) is 0 Å². The van der Waals surface area contributed by atoms with Crippen molar-refractivity contribution in [2.45, 2.75) is 42.2 Å². The number of hydrogen-bond donors (Lipinski definition) is 1. The topological polar surface area (TPSA) is 41.5 Å². The summed E-state index contributed by atoms with van der Waals surface area (Å²) < 4.78 is 0. The first kappa shape index (κ1) is 15.8. The van der Waals surface area contributed by atoms with Gasteiger partial charge in [0, 0.05) is 0 Å². The molecule has 0 aromatic heterocycles. The Bertz CT molecular complexity index is 431. The van der Waals surface area contributed by atoms with Crippen LogP contribution in [0.15, 0.2) is 35.4 Å². The van der Waals surface area contributed by atoms with E-state index in [-0.39, 0.29) is 5.91 Å². The second-order valence-electron chi connectivity index (χ2n) is 4.78. The summed E-state index contributed by atoms with van der Waals surface area (Å²) in [6, 6.07) is 9.79. The number of amides is 1. The molecule has 1 unspecified atom stereocenters. The molecule has 0 radical (unpaired) electrons. The van der Waals surface area contributed by atoms with Gasteiger partial charge in [0.05, 0.1) is 0 Å². The number of carbonyl (C=O) groups excluding carboxylic acids is 1. The van der Waals surface area contributed by atoms with Crippen LogP contribution < -0.4 is 5.43 Å². The zero-order valence-electron chi connectivity index (χ0n) is 11.5. The van der Waals surface area contributed by atoms with Crippen LogP contribution in [-0.2, 0) is 4.79 Å². The number of hydrogen-bond acceptors (Lipinski definition) is 2. The van der Waals surface area contributed by atoms with Crippen molar-refractivity contribution < 1.29 is 4.79 Å². The molecule has 20 heavy (non-hydrogen) atoms. The quantitative estimate of drug-likeness (QED) is 0.324. The summed E-state index contributed by atoms with van der Waals surface area (Å²) in [5.41, 5.74) is 3.60. The predicted octanol–water partition coefficient (Wildman–Crippen LogP) is 2.63. The molecule has 1 N–H and O–H groups in total. The van der Waals surface area contributed by atoms with E-state index in [1.807, 2.05) is 30.3 Å². The van der Waals surface area contributed by atoms with E-state index in [0.717, 1.165) is 43.1 Å². The summed E-state index contributed by atoms with van der Waals surface area (Å²) >= 11 is 1.91. The van der Waals surface area contributed by atoms with Gasteiger partial charge >= 0.3 is 126 Å². The summed E-state index contributed by atoms with van der Waals surface area (Å²) in [5, 5.41) is 5.47. The number of carbonyl (C=O) groups is 1. The molecular weight excluding hydrogens is 382 g/mol. The molecule has 1 aliphatic heterocycles. The first-order chi connectivity index (χ1) is 9.84. The van der Waals surface area contributed by atoms with E-state index in [4.69, 9.17) is 0 Å². The molecule has 0 aliphatic carbocycles. The molecule has 1 amide bonds. The number of nitrogens with zero attached hydrogens (tertiary/aromatic N) is 1. The summed E-state index contributed by atoms with van der Waals surface area (Å²) in [4.78, 5) is 12.6. The second kappa shape index (κ2) is 9.36. The first-order valence-corrected chi connectivity index (χ1v) is 13.5. The van der Waals surface area contributed by atoms with Crippen LogP contribution >= 0.6 is 0 Å². The zero-order valence-corrected chi connectivity index (χ0v) is 14.9. The van der Waals surface area contributed by atoms with Gasteiger partial charge in [-0.05, 0) is 0 Å². The molecule has 108 valence electrons. The molecule has 3 nitrogen and oxygen atoms in total. The van der Waals surface area contributed by atoms with E-state index in [1.54, 1.807) is 6.21 Å². The maximum absolute atomic E-state index is 11.6. The van der Waals surface area contributed by atoms with Gasteiger partial charge < -0.3 is 0 Å².